The quantitative estimate of drug-likeness (QED) is 0.389. The Morgan fingerprint density at radius 2 is 1.83 bits per heavy atom. The first-order valence-electron chi connectivity index (χ1n) is 8.65. The SMILES string of the molecule is COC(=O)c1ccc(CNC(=O)/C(=C/C(F)=C\N)COc2ccc(F)cc2)c(F)c1. The van der Waals surface area contributed by atoms with Gasteiger partial charge in [0.2, 0.25) is 0 Å². The first-order chi connectivity index (χ1) is 14.3. The molecule has 2 aromatic rings. The Labute approximate surface area is 170 Å². The van der Waals surface area contributed by atoms with Crippen LogP contribution in [0.5, 0.6) is 5.75 Å². The number of esters is 1. The van der Waals surface area contributed by atoms with E-state index in [1.54, 1.807) is 0 Å². The van der Waals surface area contributed by atoms with Gasteiger partial charge in [0.15, 0.2) is 0 Å². The molecule has 3 N–H and O–H groups in total. The van der Waals surface area contributed by atoms with Gasteiger partial charge in [0.25, 0.3) is 5.91 Å². The normalized spacial score (nSPS) is 11.7. The van der Waals surface area contributed by atoms with Gasteiger partial charge in [0, 0.05) is 18.3 Å². The fourth-order valence-corrected chi connectivity index (χ4v) is 2.30. The molecule has 158 valence electrons. The molecule has 2 aromatic carbocycles. The number of methoxy groups -OCH3 is 1. The van der Waals surface area contributed by atoms with Crippen LogP contribution in [0.1, 0.15) is 15.9 Å². The molecule has 0 fully saturated rings. The maximum Gasteiger partial charge on any atom is 0.337 e. The Morgan fingerprint density at radius 3 is 2.43 bits per heavy atom. The molecule has 0 heterocycles. The molecular weight excluding hydrogens is 401 g/mol. The summed E-state index contributed by atoms with van der Waals surface area (Å²) in [7, 11) is 1.17. The third kappa shape index (κ3) is 6.40. The van der Waals surface area contributed by atoms with E-state index in [1.165, 1.54) is 43.5 Å². The molecule has 0 aliphatic heterocycles. The molecule has 0 unspecified atom stereocenters. The lowest BCUT2D eigenvalue weighted by Crippen LogP contribution is -2.27. The number of rotatable bonds is 8. The first kappa shape index (κ1) is 22.5. The van der Waals surface area contributed by atoms with Crippen molar-refractivity contribution in [3.05, 3.63) is 88.9 Å². The predicted molar refractivity (Wildman–Crippen MR) is 103 cm³/mol. The summed E-state index contributed by atoms with van der Waals surface area (Å²) in [6.07, 6.45) is 1.53. The minimum atomic E-state index is -0.878. The summed E-state index contributed by atoms with van der Waals surface area (Å²) >= 11 is 0. The number of nitrogens with one attached hydrogen (secondary N) is 1. The van der Waals surface area contributed by atoms with Crippen molar-refractivity contribution in [2.24, 2.45) is 5.73 Å². The number of halogens is 3. The Balaban J connectivity index is 2.08. The summed E-state index contributed by atoms with van der Waals surface area (Å²) in [5.41, 5.74) is 5.09. The molecular formula is C21H19F3N2O4. The summed E-state index contributed by atoms with van der Waals surface area (Å²) < 4.78 is 50.6. The molecule has 0 aliphatic rings. The molecule has 0 bridgehead atoms. The Bertz CT molecular complexity index is 973. The van der Waals surface area contributed by atoms with E-state index in [1.807, 2.05) is 0 Å². The van der Waals surface area contributed by atoms with Crippen LogP contribution in [-0.4, -0.2) is 25.6 Å². The van der Waals surface area contributed by atoms with Crippen LogP contribution in [0.4, 0.5) is 13.2 Å². The lowest BCUT2D eigenvalue weighted by molar-refractivity contribution is -0.118. The smallest absolute Gasteiger partial charge is 0.337 e. The van der Waals surface area contributed by atoms with Gasteiger partial charge >= 0.3 is 5.97 Å². The van der Waals surface area contributed by atoms with E-state index in [-0.39, 0.29) is 35.6 Å². The minimum absolute atomic E-state index is 0.0218. The number of hydrogen-bond acceptors (Lipinski definition) is 5. The number of benzene rings is 2. The number of nitrogens with two attached hydrogens (primary N) is 1. The topological polar surface area (TPSA) is 90.7 Å². The summed E-state index contributed by atoms with van der Waals surface area (Å²) in [5, 5.41) is 2.44. The van der Waals surface area contributed by atoms with Crippen molar-refractivity contribution < 1.29 is 32.2 Å². The highest BCUT2D eigenvalue weighted by Gasteiger charge is 2.14. The van der Waals surface area contributed by atoms with Gasteiger partial charge in [0.05, 0.1) is 18.2 Å². The predicted octanol–water partition coefficient (Wildman–Crippen LogP) is 3.14. The molecule has 30 heavy (non-hydrogen) atoms. The maximum atomic E-state index is 14.2. The second-order valence-corrected chi connectivity index (χ2v) is 5.94. The third-order valence-corrected chi connectivity index (χ3v) is 3.88. The van der Waals surface area contributed by atoms with Gasteiger partial charge < -0.3 is 20.5 Å². The van der Waals surface area contributed by atoms with Gasteiger partial charge in [-0.3, -0.25) is 4.79 Å². The molecule has 0 spiro atoms. The lowest BCUT2D eigenvalue weighted by atomic mass is 10.1. The average molecular weight is 420 g/mol. The van der Waals surface area contributed by atoms with E-state index in [4.69, 9.17) is 10.5 Å². The van der Waals surface area contributed by atoms with Crippen LogP contribution in [0.25, 0.3) is 0 Å². The van der Waals surface area contributed by atoms with Crippen LogP contribution in [0, 0.1) is 11.6 Å². The molecule has 1 amide bonds. The van der Waals surface area contributed by atoms with Gasteiger partial charge in [-0.2, -0.15) is 0 Å². The van der Waals surface area contributed by atoms with E-state index in [0.717, 1.165) is 12.1 Å². The zero-order valence-corrected chi connectivity index (χ0v) is 16.0. The van der Waals surface area contributed by atoms with Crippen LogP contribution < -0.4 is 15.8 Å². The average Bonchev–Trinajstić information content (AvgIpc) is 2.75. The fraction of sp³-hybridized carbons (Fsp3) is 0.143. The van der Waals surface area contributed by atoms with Crippen molar-refractivity contribution in [2.75, 3.05) is 13.7 Å². The summed E-state index contributed by atoms with van der Waals surface area (Å²) in [5.74, 6) is -3.23. The molecule has 0 aliphatic carbocycles. The highest BCUT2D eigenvalue weighted by Crippen LogP contribution is 2.15. The molecule has 0 saturated heterocycles. The first-order valence-corrected chi connectivity index (χ1v) is 8.65. The van der Waals surface area contributed by atoms with Crippen LogP contribution >= 0.6 is 0 Å². The number of hydrogen-bond donors (Lipinski definition) is 2. The zero-order valence-electron chi connectivity index (χ0n) is 16.0. The second-order valence-electron chi connectivity index (χ2n) is 5.94. The van der Waals surface area contributed by atoms with Gasteiger partial charge in [0.1, 0.15) is 29.8 Å². The summed E-state index contributed by atoms with van der Waals surface area (Å²) in [6.45, 7) is -0.573. The lowest BCUT2D eigenvalue weighted by Gasteiger charge is -2.12. The van der Waals surface area contributed by atoms with E-state index in [2.05, 4.69) is 10.1 Å². The van der Waals surface area contributed by atoms with Crippen molar-refractivity contribution in [3.8, 4) is 5.75 Å². The number of amides is 1. The number of carbonyl (C=O) groups is 2. The van der Waals surface area contributed by atoms with Gasteiger partial charge in [-0.05, 0) is 42.5 Å². The molecule has 0 atom stereocenters. The molecule has 9 heteroatoms. The van der Waals surface area contributed by atoms with Crippen molar-refractivity contribution in [3.63, 3.8) is 0 Å². The minimum Gasteiger partial charge on any atom is -0.489 e. The molecule has 6 nitrogen and oxygen atoms in total. The molecule has 0 saturated carbocycles. The van der Waals surface area contributed by atoms with Gasteiger partial charge in [-0.1, -0.05) is 6.07 Å². The van der Waals surface area contributed by atoms with E-state index < -0.39 is 29.3 Å². The van der Waals surface area contributed by atoms with E-state index in [0.29, 0.717) is 6.20 Å². The number of allylic oxidation sites excluding steroid dienone is 2. The standard InChI is InChI=1S/C21H19F3N2O4/c1-29-21(28)13-2-3-14(19(24)9-13)11-26-20(27)15(8-17(23)10-25)12-30-18-6-4-16(22)5-7-18/h2-10H,11-12,25H2,1H3,(H,26,27)/b15-8+,17-10+. The largest absolute Gasteiger partial charge is 0.489 e. The zero-order chi connectivity index (χ0) is 22.1. The monoisotopic (exact) mass is 420 g/mol. The van der Waals surface area contributed by atoms with Crippen LogP contribution in [0.2, 0.25) is 0 Å². The Morgan fingerprint density at radius 1 is 1.13 bits per heavy atom. The number of carbonyl (C=O) groups excluding carboxylic acids is 2. The maximum absolute atomic E-state index is 14.2. The van der Waals surface area contributed by atoms with Crippen molar-refractivity contribution >= 4 is 11.9 Å². The van der Waals surface area contributed by atoms with Crippen LogP contribution in [0.15, 0.2) is 66.1 Å². The third-order valence-electron chi connectivity index (χ3n) is 3.88. The number of ether oxygens (including phenoxy) is 2. The highest BCUT2D eigenvalue weighted by atomic mass is 19.1. The summed E-state index contributed by atoms with van der Waals surface area (Å²) in [6, 6.07) is 8.68. The second kappa shape index (κ2) is 10.7. The Hall–Kier alpha value is -3.75. The van der Waals surface area contributed by atoms with Crippen LogP contribution in [0.3, 0.4) is 0 Å². The Kier molecular flexibility index (Phi) is 8.04. The van der Waals surface area contributed by atoms with Gasteiger partial charge in [-0.25, -0.2) is 18.0 Å². The van der Waals surface area contributed by atoms with Crippen molar-refractivity contribution in [1.29, 1.82) is 0 Å². The highest BCUT2D eigenvalue weighted by molar-refractivity contribution is 5.94. The summed E-state index contributed by atoms with van der Waals surface area (Å²) in [4.78, 5) is 23.8. The molecule has 0 aromatic heterocycles. The molecule has 0 radical (unpaired) electrons. The molecule has 2 rings (SSSR count). The van der Waals surface area contributed by atoms with Crippen LogP contribution in [-0.2, 0) is 16.1 Å². The fourth-order valence-electron chi connectivity index (χ4n) is 2.30. The van der Waals surface area contributed by atoms with Crippen molar-refractivity contribution in [1.82, 2.24) is 5.32 Å². The van der Waals surface area contributed by atoms with Crippen molar-refractivity contribution in [2.45, 2.75) is 6.54 Å². The van der Waals surface area contributed by atoms with Gasteiger partial charge in [-0.15, -0.1) is 0 Å². The van der Waals surface area contributed by atoms with E-state index in [9.17, 15) is 22.8 Å². The van der Waals surface area contributed by atoms with E-state index >= 15 is 0 Å².